The highest BCUT2D eigenvalue weighted by atomic mass is 32.1. The number of hydrogen-bond donors (Lipinski definition) is 2. The molecule has 1 aromatic heterocycles. The van der Waals surface area contributed by atoms with E-state index in [9.17, 15) is 10.2 Å². The molecule has 1 saturated heterocycles. The minimum Gasteiger partial charge on any atom is -0.504 e. The summed E-state index contributed by atoms with van der Waals surface area (Å²) in [5.41, 5.74) is 1.11. The fourth-order valence-electron chi connectivity index (χ4n) is 10.1. The van der Waals surface area contributed by atoms with Crippen LogP contribution < -0.4 is 4.74 Å². The van der Waals surface area contributed by atoms with Crippen LogP contribution in [0.3, 0.4) is 0 Å². The van der Waals surface area contributed by atoms with Gasteiger partial charge in [-0.15, -0.1) is 11.3 Å². The highest BCUT2D eigenvalue weighted by Gasteiger charge is 2.81. The van der Waals surface area contributed by atoms with Crippen molar-refractivity contribution in [3.63, 3.8) is 0 Å². The Morgan fingerprint density at radius 3 is 2.84 bits per heavy atom. The fraction of sp³-hybridized carbons (Fsp3) is 0.677. The lowest BCUT2D eigenvalue weighted by molar-refractivity contribution is -0.302. The Morgan fingerprint density at radius 2 is 2.08 bits per heavy atom. The van der Waals surface area contributed by atoms with Crippen LogP contribution in [0.4, 0.5) is 0 Å². The van der Waals surface area contributed by atoms with Crippen LogP contribution in [-0.4, -0.2) is 58.7 Å². The van der Waals surface area contributed by atoms with Crippen LogP contribution in [0.5, 0.6) is 11.5 Å². The predicted octanol–water partition coefficient (Wildman–Crippen LogP) is 5.06. The molecule has 0 amide bonds. The molecule has 5 nitrogen and oxygen atoms in total. The lowest BCUT2D eigenvalue weighted by Crippen LogP contribution is -2.82. The summed E-state index contributed by atoms with van der Waals surface area (Å²) in [5.74, 6) is 1.82. The van der Waals surface area contributed by atoms with Crippen LogP contribution in [0.2, 0.25) is 0 Å². The molecular weight excluding hydrogens is 482 g/mol. The maximum atomic E-state index is 12.3. The Kier molecular flexibility index (Phi) is 4.74. The average Bonchev–Trinajstić information content (AvgIpc) is 3.40. The summed E-state index contributed by atoms with van der Waals surface area (Å²) in [5, 5.41) is 25.4. The summed E-state index contributed by atoms with van der Waals surface area (Å²) in [6.45, 7) is 4.36. The lowest BCUT2D eigenvalue weighted by atomic mass is 9.33. The van der Waals surface area contributed by atoms with Gasteiger partial charge in [0.25, 0.3) is 0 Å². The number of methoxy groups -OCH3 is 1. The number of ether oxygens (including phenoxy) is 2. The molecule has 6 heteroatoms. The number of phenolic OH excluding ortho intramolecular Hbond substituents is 1. The maximum absolute atomic E-state index is 12.3. The van der Waals surface area contributed by atoms with Gasteiger partial charge < -0.3 is 19.7 Å². The zero-order valence-corrected chi connectivity index (χ0v) is 22.9. The Hall–Kier alpha value is -1.60. The van der Waals surface area contributed by atoms with Crippen LogP contribution in [0.1, 0.15) is 67.9 Å². The molecule has 2 spiro atoms. The molecule has 3 heterocycles. The monoisotopic (exact) mass is 521 g/mol. The van der Waals surface area contributed by atoms with Crippen LogP contribution in [0, 0.1) is 17.3 Å². The van der Waals surface area contributed by atoms with Crippen LogP contribution in [-0.2, 0) is 23.0 Å². The Morgan fingerprint density at radius 1 is 1.22 bits per heavy atom. The molecule has 198 valence electrons. The van der Waals surface area contributed by atoms with Crippen molar-refractivity contribution in [1.29, 1.82) is 0 Å². The predicted molar refractivity (Wildman–Crippen MR) is 143 cm³/mol. The van der Waals surface area contributed by atoms with E-state index in [2.05, 4.69) is 35.4 Å². The van der Waals surface area contributed by atoms with Gasteiger partial charge in [0, 0.05) is 46.9 Å². The Balaban J connectivity index is 1.28. The van der Waals surface area contributed by atoms with E-state index in [1.807, 2.05) is 13.2 Å². The van der Waals surface area contributed by atoms with E-state index in [1.54, 1.807) is 11.3 Å². The van der Waals surface area contributed by atoms with E-state index in [-0.39, 0.29) is 28.6 Å². The standard InChI is InChI=1S/C31H39NO4S/c1-28(34,10-9-21-4-3-15-37-21)23-17-29-11-12-31(23,35-2)27-30(29)13-14-32(18-19-5-6-19)24(29)16-20-7-8-22(33)26(36-27)25(20)30/h3-4,7-8,15,19,23-24,27,33-34H,5-6,9-14,16-18H2,1-2H3/t23?,24-,27-,28-,29?,30+,31?/m1/s1. The van der Waals surface area contributed by atoms with Gasteiger partial charge in [-0.05, 0) is 100 Å². The van der Waals surface area contributed by atoms with Gasteiger partial charge in [-0.3, -0.25) is 4.90 Å². The van der Waals surface area contributed by atoms with Crippen molar-refractivity contribution in [1.82, 2.24) is 4.90 Å². The second-order valence-electron chi connectivity index (χ2n) is 13.3. The van der Waals surface area contributed by atoms with E-state index in [0.717, 1.165) is 57.4 Å². The molecule has 1 aromatic carbocycles. The summed E-state index contributed by atoms with van der Waals surface area (Å²) in [6, 6.07) is 8.75. The minimum atomic E-state index is -0.870. The zero-order chi connectivity index (χ0) is 25.2. The molecule has 5 fully saturated rings. The van der Waals surface area contributed by atoms with Gasteiger partial charge in [-0.25, -0.2) is 0 Å². The first-order valence-electron chi connectivity index (χ1n) is 14.4. The van der Waals surface area contributed by atoms with Crippen molar-refractivity contribution < 1.29 is 19.7 Å². The first kappa shape index (κ1) is 23.3. The third kappa shape index (κ3) is 2.81. The SMILES string of the molecule is COC12CCC3(CC1[C@](C)(O)CCc1cccs1)[C@H]1Cc4ccc(O)c5c4[C@@]3(CCN1CC1CC1)[C@H]2O5. The second-order valence-corrected chi connectivity index (χ2v) is 14.4. The Bertz CT molecular complexity index is 1240. The number of thiophene rings is 1. The average molecular weight is 522 g/mol. The molecule has 2 aliphatic heterocycles. The first-order chi connectivity index (χ1) is 17.8. The van der Waals surface area contributed by atoms with Crippen LogP contribution >= 0.6 is 11.3 Å². The quantitative estimate of drug-likeness (QED) is 0.533. The number of benzene rings is 1. The van der Waals surface area contributed by atoms with Crippen molar-refractivity contribution in [3.8, 4) is 11.5 Å². The Labute approximate surface area is 223 Å². The highest BCUT2D eigenvalue weighted by molar-refractivity contribution is 7.09. The van der Waals surface area contributed by atoms with Crippen molar-refractivity contribution in [2.45, 2.75) is 93.5 Å². The molecule has 7 atom stereocenters. The number of piperidine rings is 1. The molecule has 3 unspecified atom stereocenters. The number of likely N-dealkylation sites (tertiary alicyclic amines) is 1. The molecular formula is C31H39NO4S. The molecule has 2 N–H and O–H groups in total. The van der Waals surface area contributed by atoms with E-state index in [1.165, 1.54) is 35.4 Å². The molecule has 4 saturated carbocycles. The fourth-order valence-corrected chi connectivity index (χ4v) is 10.8. The molecule has 5 aliphatic carbocycles. The number of fused-ring (bicyclic) bond motifs is 2. The number of aliphatic hydroxyl groups is 1. The van der Waals surface area contributed by atoms with Crippen molar-refractivity contribution in [2.24, 2.45) is 17.3 Å². The van der Waals surface area contributed by atoms with E-state index in [0.29, 0.717) is 11.8 Å². The van der Waals surface area contributed by atoms with E-state index in [4.69, 9.17) is 9.47 Å². The summed E-state index contributed by atoms with van der Waals surface area (Å²) >= 11 is 1.77. The lowest BCUT2D eigenvalue weighted by Gasteiger charge is -2.75. The highest BCUT2D eigenvalue weighted by Crippen LogP contribution is 2.77. The number of nitrogens with zero attached hydrogens (tertiary/aromatic N) is 1. The summed E-state index contributed by atoms with van der Waals surface area (Å²) in [7, 11) is 1.84. The van der Waals surface area contributed by atoms with E-state index >= 15 is 0 Å². The van der Waals surface area contributed by atoms with Crippen molar-refractivity contribution in [3.05, 3.63) is 45.6 Å². The van der Waals surface area contributed by atoms with Crippen LogP contribution in [0.25, 0.3) is 0 Å². The van der Waals surface area contributed by atoms with Gasteiger partial charge in [0.1, 0.15) is 11.7 Å². The van der Waals surface area contributed by atoms with Gasteiger partial charge in [0.2, 0.25) is 0 Å². The summed E-state index contributed by atoms with van der Waals surface area (Å²) in [4.78, 5) is 4.16. The van der Waals surface area contributed by atoms with Gasteiger partial charge >= 0.3 is 0 Å². The third-order valence-electron chi connectivity index (χ3n) is 11.9. The second kappa shape index (κ2) is 7.53. The van der Waals surface area contributed by atoms with Crippen molar-refractivity contribution in [2.75, 3.05) is 20.2 Å². The molecule has 7 aliphatic rings. The van der Waals surface area contributed by atoms with Gasteiger partial charge in [-0.1, -0.05) is 12.1 Å². The zero-order valence-electron chi connectivity index (χ0n) is 22.0. The van der Waals surface area contributed by atoms with Crippen LogP contribution in [0.15, 0.2) is 29.6 Å². The smallest absolute Gasteiger partial charge is 0.165 e. The van der Waals surface area contributed by atoms with Crippen molar-refractivity contribution >= 4 is 11.3 Å². The third-order valence-corrected chi connectivity index (χ3v) is 12.8. The topological polar surface area (TPSA) is 62.2 Å². The minimum absolute atomic E-state index is 0.0155. The number of phenols is 1. The van der Waals surface area contributed by atoms with Gasteiger partial charge in [0.05, 0.1) is 5.60 Å². The maximum Gasteiger partial charge on any atom is 0.165 e. The van der Waals surface area contributed by atoms with Gasteiger partial charge in [0.15, 0.2) is 11.5 Å². The molecule has 9 rings (SSSR count). The number of aryl methyl sites for hydroxylation is 1. The molecule has 37 heavy (non-hydrogen) atoms. The largest absolute Gasteiger partial charge is 0.504 e. The molecule has 0 radical (unpaired) electrons. The summed E-state index contributed by atoms with van der Waals surface area (Å²) < 4.78 is 13.5. The summed E-state index contributed by atoms with van der Waals surface area (Å²) in [6.07, 6.45) is 9.25. The molecule has 4 bridgehead atoms. The first-order valence-corrected chi connectivity index (χ1v) is 15.3. The van der Waals surface area contributed by atoms with Gasteiger partial charge in [-0.2, -0.15) is 0 Å². The molecule has 2 aromatic rings. The normalized spacial score (nSPS) is 40.8. The number of rotatable bonds is 7. The van der Waals surface area contributed by atoms with E-state index < -0.39 is 11.2 Å². The number of hydrogen-bond acceptors (Lipinski definition) is 6. The number of aromatic hydroxyl groups is 1.